The second-order valence-corrected chi connectivity index (χ2v) is 10.7. The van der Waals surface area contributed by atoms with E-state index in [0.29, 0.717) is 25.2 Å². The third-order valence-corrected chi connectivity index (χ3v) is 7.83. The Kier molecular flexibility index (Phi) is 9.47. The minimum absolute atomic E-state index is 0.0393. The Morgan fingerprint density at radius 2 is 1.78 bits per heavy atom. The number of H-pyrrole nitrogens is 1. The molecule has 0 saturated carbocycles. The lowest BCUT2D eigenvalue weighted by Gasteiger charge is -2.26. The monoisotopic (exact) mass is 555 g/mol. The fourth-order valence-corrected chi connectivity index (χ4v) is 5.34. The van der Waals surface area contributed by atoms with E-state index >= 15 is 0 Å². The van der Waals surface area contributed by atoms with E-state index in [0.717, 1.165) is 62.5 Å². The molecule has 2 fully saturated rings. The molecule has 9 heteroatoms. The summed E-state index contributed by atoms with van der Waals surface area (Å²) in [6.45, 7) is 8.09. The average molecular weight is 556 g/mol. The van der Waals surface area contributed by atoms with Crippen molar-refractivity contribution < 1.29 is 14.6 Å². The van der Waals surface area contributed by atoms with Crippen LogP contribution in [0.1, 0.15) is 47.2 Å². The molecule has 0 spiro atoms. The number of hydrogen-bond donors (Lipinski definition) is 3. The highest BCUT2D eigenvalue weighted by atomic mass is 16.5. The zero-order valence-corrected chi connectivity index (χ0v) is 23.4. The molecule has 214 valence electrons. The predicted octanol–water partition coefficient (Wildman–Crippen LogP) is 2.24. The number of aromatic hydroxyl groups is 1. The van der Waals surface area contributed by atoms with E-state index in [4.69, 9.17) is 4.74 Å². The third kappa shape index (κ3) is 7.82. The van der Waals surface area contributed by atoms with Crippen molar-refractivity contribution in [2.24, 2.45) is 0 Å². The third-order valence-electron chi connectivity index (χ3n) is 7.83. The topological polar surface area (TPSA) is 111 Å². The number of nitrogens with one attached hydrogen (secondary N) is 2. The molecule has 2 atom stereocenters. The van der Waals surface area contributed by atoms with Gasteiger partial charge in [0.15, 0.2) is 0 Å². The van der Waals surface area contributed by atoms with Gasteiger partial charge in [0.2, 0.25) is 11.7 Å². The maximum Gasteiger partial charge on any atom is 0.293 e. The molecule has 0 bridgehead atoms. The quantitative estimate of drug-likeness (QED) is 0.366. The summed E-state index contributed by atoms with van der Waals surface area (Å²) in [5, 5.41) is 13.9. The van der Waals surface area contributed by atoms with Gasteiger partial charge in [-0.15, -0.1) is 0 Å². The smallest absolute Gasteiger partial charge is 0.293 e. The first-order valence-corrected chi connectivity index (χ1v) is 14.2. The number of hydrogen-bond acceptors (Lipinski definition) is 7. The van der Waals surface area contributed by atoms with Gasteiger partial charge in [-0.1, -0.05) is 36.1 Å². The van der Waals surface area contributed by atoms with Crippen LogP contribution in [0.25, 0.3) is 0 Å². The van der Waals surface area contributed by atoms with Crippen molar-refractivity contribution in [2.45, 2.75) is 38.3 Å². The number of aromatic amines is 1. The summed E-state index contributed by atoms with van der Waals surface area (Å²) in [4.78, 5) is 34.6. The van der Waals surface area contributed by atoms with E-state index in [-0.39, 0.29) is 23.6 Å². The van der Waals surface area contributed by atoms with Crippen molar-refractivity contribution in [1.29, 1.82) is 0 Å². The molecule has 2 aliphatic heterocycles. The molecule has 3 N–H and O–H groups in total. The molecular weight excluding hydrogens is 518 g/mol. The second-order valence-electron chi connectivity index (χ2n) is 10.7. The van der Waals surface area contributed by atoms with E-state index in [1.165, 1.54) is 11.9 Å². The van der Waals surface area contributed by atoms with Crippen LogP contribution in [-0.2, 0) is 22.5 Å². The Hall–Kier alpha value is -3.97. The van der Waals surface area contributed by atoms with Gasteiger partial charge in [0, 0.05) is 75.7 Å². The molecule has 3 aromatic rings. The van der Waals surface area contributed by atoms with Crippen molar-refractivity contribution in [2.75, 3.05) is 45.9 Å². The number of ether oxygens (including phenoxy) is 1. The summed E-state index contributed by atoms with van der Waals surface area (Å²) in [5.74, 6) is 6.22. The van der Waals surface area contributed by atoms with Gasteiger partial charge in [-0.05, 0) is 41.8 Å². The van der Waals surface area contributed by atoms with Crippen molar-refractivity contribution in [3.05, 3.63) is 93.2 Å². The SMILES string of the molecule is CC(=O)N1CC[C@H](NC[C@H](Cc2nc[nH]c(=O)c2O)c2ccc(C#Cc3ccc(CN4CCOCC4)cc3)cc2)C1. The average Bonchev–Trinajstić information content (AvgIpc) is 3.48. The Balaban J connectivity index is 1.25. The summed E-state index contributed by atoms with van der Waals surface area (Å²) < 4.78 is 5.43. The van der Waals surface area contributed by atoms with Gasteiger partial charge in [-0.3, -0.25) is 14.5 Å². The van der Waals surface area contributed by atoms with E-state index in [9.17, 15) is 14.7 Å². The highest BCUT2D eigenvalue weighted by Crippen LogP contribution is 2.24. The Labute approximate surface area is 240 Å². The van der Waals surface area contributed by atoms with Crippen LogP contribution in [0, 0.1) is 11.8 Å². The number of carbonyl (C=O) groups is 1. The number of aromatic nitrogens is 2. The summed E-state index contributed by atoms with van der Waals surface area (Å²) in [7, 11) is 0. The second kappa shape index (κ2) is 13.6. The van der Waals surface area contributed by atoms with Gasteiger partial charge in [0.05, 0.1) is 25.2 Å². The maximum absolute atomic E-state index is 11.9. The van der Waals surface area contributed by atoms with Crippen molar-refractivity contribution >= 4 is 5.91 Å². The van der Waals surface area contributed by atoms with Crippen LogP contribution in [-0.4, -0.2) is 82.8 Å². The van der Waals surface area contributed by atoms with Gasteiger partial charge in [0.25, 0.3) is 5.56 Å². The number of nitrogens with zero attached hydrogens (tertiary/aromatic N) is 3. The van der Waals surface area contributed by atoms with Crippen molar-refractivity contribution in [3.8, 4) is 17.6 Å². The van der Waals surface area contributed by atoms with Gasteiger partial charge in [-0.25, -0.2) is 4.98 Å². The molecule has 3 heterocycles. The molecule has 1 aromatic heterocycles. The molecular formula is C32H37N5O4. The number of likely N-dealkylation sites (tertiary alicyclic amines) is 1. The Bertz CT molecular complexity index is 1440. The van der Waals surface area contributed by atoms with Gasteiger partial charge in [-0.2, -0.15) is 0 Å². The normalized spacial score (nSPS) is 18.1. The van der Waals surface area contributed by atoms with Crippen LogP contribution < -0.4 is 10.9 Å². The summed E-state index contributed by atoms with van der Waals surface area (Å²) in [6.07, 6.45) is 2.61. The van der Waals surface area contributed by atoms with Gasteiger partial charge >= 0.3 is 0 Å². The molecule has 0 radical (unpaired) electrons. The van der Waals surface area contributed by atoms with E-state index in [1.54, 1.807) is 6.92 Å². The number of rotatable bonds is 8. The fraction of sp³-hybridized carbons (Fsp3) is 0.406. The zero-order valence-electron chi connectivity index (χ0n) is 23.4. The van der Waals surface area contributed by atoms with Crippen LogP contribution in [0.15, 0.2) is 59.7 Å². The summed E-state index contributed by atoms with van der Waals surface area (Å²) in [6, 6.07) is 16.7. The Morgan fingerprint density at radius 3 is 2.44 bits per heavy atom. The molecule has 2 aliphatic rings. The van der Waals surface area contributed by atoms with Crippen LogP contribution in [0.2, 0.25) is 0 Å². The van der Waals surface area contributed by atoms with Crippen molar-refractivity contribution in [3.63, 3.8) is 0 Å². The number of morpholine rings is 1. The summed E-state index contributed by atoms with van der Waals surface area (Å²) >= 11 is 0. The minimum Gasteiger partial charge on any atom is -0.502 e. The number of benzene rings is 2. The summed E-state index contributed by atoms with van der Waals surface area (Å²) in [5.41, 5.74) is 4.01. The first-order valence-electron chi connectivity index (χ1n) is 14.2. The van der Waals surface area contributed by atoms with Crippen LogP contribution in [0.3, 0.4) is 0 Å². The first-order chi connectivity index (χ1) is 19.9. The van der Waals surface area contributed by atoms with Crippen LogP contribution in [0.4, 0.5) is 0 Å². The van der Waals surface area contributed by atoms with Crippen LogP contribution in [0.5, 0.6) is 5.75 Å². The maximum atomic E-state index is 11.9. The lowest BCUT2D eigenvalue weighted by molar-refractivity contribution is -0.127. The standard InChI is InChI=1S/C32H37N5O4/c1-23(38)37-13-12-29(21-37)33-19-28(18-30-31(39)32(40)35-22-34-30)27-10-8-25(9-11-27)3-2-24-4-6-26(7-5-24)20-36-14-16-41-17-15-36/h4-11,22,28-29,33,39H,12-21H2,1H3,(H,34,35,40)/t28-,29-/m0/s1. The highest BCUT2D eigenvalue weighted by molar-refractivity contribution is 5.73. The number of amides is 1. The molecule has 41 heavy (non-hydrogen) atoms. The first kappa shape index (κ1) is 28.6. The molecule has 9 nitrogen and oxygen atoms in total. The lowest BCUT2D eigenvalue weighted by atomic mass is 9.92. The van der Waals surface area contributed by atoms with E-state index < -0.39 is 5.56 Å². The largest absolute Gasteiger partial charge is 0.502 e. The van der Waals surface area contributed by atoms with E-state index in [1.807, 2.05) is 29.2 Å². The van der Waals surface area contributed by atoms with Gasteiger partial charge in [0.1, 0.15) is 0 Å². The fourth-order valence-electron chi connectivity index (χ4n) is 5.34. The molecule has 0 aliphatic carbocycles. The molecule has 2 saturated heterocycles. The highest BCUT2D eigenvalue weighted by Gasteiger charge is 2.25. The van der Waals surface area contributed by atoms with Crippen LogP contribution >= 0.6 is 0 Å². The molecule has 2 aromatic carbocycles. The lowest BCUT2D eigenvalue weighted by Crippen LogP contribution is -2.36. The zero-order chi connectivity index (χ0) is 28.6. The molecule has 1 amide bonds. The predicted molar refractivity (Wildman–Crippen MR) is 157 cm³/mol. The van der Waals surface area contributed by atoms with Gasteiger partial charge < -0.3 is 25.0 Å². The minimum atomic E-state index is -0.547. The van der Waals surface area contributed by atoms with Crippen molar-refractivity contribution in [1.82, 2.24) is 25.1 Å². The number of carbonyl (C=O) groups excluding carboxylic acids is 1. The molecule has 5 rings (SSSR count). The molecule has 0 unspecified atom stereocenters. The Morgan fingerprint density at radius 1 is 1.10 bits per heavy atom. The van der Waals surface area contributed by atoms with E-state index in [2.05, 4.69) is 56.3 Å².